The Labute approximate surface area is 146 Å². The van der Waals surface area contributed by atoms with E-state index in [4.69, 9.17) is 0 Å². The summed E-state index contributed by atoms with van der Waals surface area (Å²) in [5.41, 5.74) is 0.679. The van der Waals surface area contributed by atoms with Gasteiger partial charge in [0.05, 0.1) is 0 Å². The van der Waals surface area contributed by atoms with E-state index in [1.807, 2.05) is 17.0 Å². The number of Topliss-reactive ketones (excluding diaryl/α,β-unsaturated/α-hetero) is 1. The summed E-state index contributed by atoms with van der Waals surface area (Å²) in [6.07, 6.45) is 4.10. The molecule has 0 unspecified atom stereocenters. The second kappa shape index (κ2) is 7.58. The van der Waals surface area contributed by atoms with Gasteiger partial charge in [-0.3, -0.25) is 14.5 Å². The van der Waals surface area contributed by atoms with E-state index in [0.717, 1.165) is 30.5 Å². The molecule has 2 aliphatic rings. The number of hydrogen-bond acceptors (Lipinski definition) is 3. The number of ketones is 1. The molecule has 1 amide bonds. The minimum absolute atomic E-state index is 0.0446. The number of hydrogen-bond donors (Lipinski definition) is 0. The number of benzene rings is 1. The number of nitrogens with zero attached hydrogens (tertiary/aromatic N) is 2. The molecule has 0 aliphatic carbocycles. The predicted octanol–water partition coefficient (Wildman–Crippen LogP) is 3.11. The van der Waals surface area contributed by atoms with Gasteiger partial charge in [-0.2, -0.15) is 0 Å². The van der Waals surface area contributed by atoms with Crippen LogP contribution in [0.1, 0.15) is 42.5 Å². The molecule has 4 nitrogen and oxygen atoms in total. The van der Waals surface area contributed by atoms with E-state index in [-0.39, 0.29) is 11.7 Å². The van der Waals surface area contributed by atoms with Gasteiger partial charge in [0.2, 0.25) is 5.91 Å². The highest BCUT2D eigenvalue weighted by molar-refractivity contribution is 9.10. The first-order valence-corrected chi connectivity index (χ1v) is 9.23. The Bertz CT molecular complexity index is 573. The highest BCUT2D eigenvalue weighted by atomic mass is 79.9. The van der Waals surface area contributed by atoms with Gasteiger partial charge in [-0.1, -0.05) is 28.1 Å². The van der Waals surface area contributed by atoms with Crippen molar-refractivity contribution in [1.82, 2.24) is 9.80 Å². The second-order valence-electron chi connectivity index (χ2n) is 6.46. The zero-order valence-corrected chi connectivity index (χ0v) is 14.9. The Morgan fingerprint density at radius 1 is 1.04 bits per heavy atom. The summed E-state index contributed by atoms with van der Waals surface area (Å²) >= 11 is 3.36. The van der Waals surface area contributed by atoms with Gasteiger partial charge in [0.15, 0.2) is 5.78 Å². The maximum absolute atomic E-state index is 12.5. The van der Waals surface area contributed by atoms with Crippen LogP contribution in [0.3, 0.4) is 0 Å². The Kier molecular flexibility index (Phi) is 5.49. The fourth-order valence-corrected chi connectivity index (χ4v) is 3.86. The number of halogens is 1. The molecule has 1 aromatic rings. The topological polar surface area (TPSA) is 40.6 Å². The van der Waals surface area contributed by atoms with Crippen molar-refractivity contribution in [2.24, 2.45) is 0 Å². The molecule has 5 heteroatoms. The van der Waals surface area contributed by atoms with Gasteiger partial charge in [0.1, 0.15) is 0 Å². The van der Waals surface area contributed by atoms with Crippen molar-refractivity contribution in [3.8, 4) is 0 Å². The Morgan fingerprint density at radius 2 is 1.78 bits per heavy atom. The Balaban J connectivity index is 1.52. The Morgan fingerprint density at radius 3 is 2.57 bits per heavy atom. The van der Waals surface area contributed by atoms with E-state index in [9.17, 15) is 9.59 Å². The first kappa shape index (κ1) is 16.7. The summed E-state index contributed by atoms with van der Waals surface area (Å²) in [5.74, 6) is 0.173. The van der Waals surface area contributed by atoms with E-state index in [2.05, 4.69) is 20.8 Å². The van der Waals surface area contributed by atoms with Crippen molar-refractivity contribution in [2.45, 2.75) is 38.1 Å². The van der Waals surface area contributed by atoms with Crippen molar-refractivity contribution >= 4 is 27.6 Å². The van der Waals surface area contributed by atoms with Crippen molar-refractivity contribution in [3.05, 3.63) is 34.3 Å². The largest absolute Gasteiger partial charge is 0.341 e. The number of rotatable bonds is 4. The van der Waals surface area contributed by atoms with Crippen LogP contribution in [0.25, 0.3) is 0 Å². The molecule has 0 N–H and O–H groups in total. The number of fused-ring (bicyclic) bond motifs is 1. The smallest absolute Gasteiger partial charge is 0.223 e. The fourth-order valence-electron chi connectivity index (χ4n) is 3.59. The summed E-state index contributed by atoms with van der Waals surface area (Å²) in [4.78, 5) is 29.2. The van der Waals surface area contributed by atoms with Gasteiger partial charge < -0.3 is 4.90 Å². The van der Waals surface area contributed by atoms with Gasteiger partial charge in [0, 0.05) is 48.6 Å². The molecule has 124 valence electrons. The number of carbonyl (C=O) groups excluding carboxylic acids is 2. The van der Waals surface area contributed by atoms with Crippen molar-refractivity contribution < 1.29 is 9.59 Å². The number of carbonyl (C=O) groups is 2. The Hall–Kier alpha value is -1.20. The van der Waals surface area contributed by atoms with Crippen LogP contribution in [0.15, 0.2) is 28.7 Å². The summed E-state index contributed by atoms with van der Waals surface area (Å²) in [6.45, 7) is 3.95. The van der Waals surface area contributed by atoms with Crippen molar-refractivity contribution in [1.29, 1.82) is 0 Å². The van der Waals surface area contributed by atoms with Crippen LogP contribution in [-0.2, 0) is 4.79 Å². The lowest BCUT2D eigenvalue weighted by Gasteiger charge is -2.25. The normalized spacial score (nSPS) is 21.8. The minimum atomic E-state index is 0.0446. The van der Waals surface area contributed by atoms with Gasteiger partial charge in [0.25, 0.3) is 0 Å². The van der Waals surface area contributed by atoms with E-state index < -0.39 is 0 Å². The molecule has 23 heavy (non-hydrogen) atoms. The summed E-state index contributed by atoms with van der Waals surface area (Å²) in [7, 11) is 0. The molecule has 2 saturated heterocycles. The molecule has 2 heterocycles. The van der Waals surface area contributed by atoms with Crippen LogP contribution in [0, 0.1) is 0 Å². The van der Waals surface area contributed by atoms with E-state index >= 15 is 0 Å². The molecule has 0 saturated carbocycles. The molecule has 2 aliphatic heterocycles. The third-order valence-electron chi connectivity index (χ3n) is 4.89. The molecular formula is C18H23BrN2O2. The highest BCUT2D eigenvalue weighted by Crippen LogP contribution is 2.22. The maximum atomic E-state index is 12.5. The van der Waals surface area contributed by atoms with Gasteiger partial charge in [-0.15, -0.1) is 0 Å². The summed E-state index contributed by atoms with van der Waals surface area (Å²) in [6, 6.07) is 7.86. The highest BCUT2D eigenvalue weighted by Gasteiger charge is 2.30. The first-order valence-electron chi connectivity index (χ1n) is 8.44. The van der Waals surface area contributed by atoms with Crippen LogP contribution in [0.5, 0.6) is 0 Å². The molecule has 2 fully saturated rings. The average Bonchev–Trinajstić information content (AvgIpc) is 2.89. The zero-order valence-electron chi connectivity index (χ0n) is 13.3. The fraction of sp³-hybridized carbons (Fsp3) is 0.556. The molecule has 1 aromatic carbocycles. The number of amides is 1. The van der Waals surface area contributed by atoms with Crippen molar-refractivity contribution in [3.63, 3.8) is 0 Å². The van der Waals surface area contributed by atoms with Gasteiger partial charge in [-0.05, 0) is 37.9 Å². The third kappa shape index (κ3) is 4.21. The molecule has 0 aromatic heterocycles. The van der Waals surface area contributed by atoms with Crippen LogP contribution in [0.2, 0.25) is 0 Å². The zero-order chi connectivity index (χ0) is 16.2. The molecule has 3 rings (SSSR count). The standard InChI is InChI=1S/C18H23BrN2O2/c19-15-6-4-14(5-7-15)17(22)8-9-18(23)21-12-2-11-20-10-1-3-16(20)13-21/h4-7,16H,1-3,8-13H2/t16-/m1/s1. The summed E-state index contributed by atoms with van der Waals surface area (Å²) in [5, 5.41) is 0. The lowest BCUT2D eigenvalue weighted by atomic mass is 10.1. The minimum Gasteiger partial charge on any atom is -0.341 e. The molecule has 0 spiro atoms. The van der Waals surface area contributed by atoms with Crippen LogP contribution in [-0.4, -0.2) is 53.7 Å². The van der Waals surface area contributed by atoms with Crippen LogP contribution >= 0.6 is 15.9 Å². The SMILES string of the molecule is O=C(CCC(=O)N1CCCN2CCC[C@@H]2C1)c1ccc(Br)cc1. The monoisotopic (exact) mass is 378 g/mol. The van der Waals surface area contributed by atoms with E-state index in [0.29, 0.717) is 24.4 Å². The lowest BCUT2D eigenvalue weighted by Crippen LogP contribution is -2.39. The predicted molar refractivity (Wildman–Crippen MR) is 93.5 cm³/mol. The molecular weight excluding hydrogens is 356 g/mol. The average molecular weight is 379 g/mol. The molecule has 0 radical (unpaired) electrons. The van der Waals surface area contributed by atoms with Crippen LogP contribution < -0.4 is 0 Å². The van der Waals surface area contributed by atoms with E-state index in [1.165, 1.54) is 19.4 Å². The second-order valence-corrected chi connectivity index (χ2v) is 7.37. The summed E-state index contributed by atoms with van der Waals surface area (Å²) < 4.78 is 0.954. The van der Waals surface area contributed by atoms with Crippen molar-refractivity contribution in [2.75, 3.05) is 26.2 Å². The lowest BCUT2D eigenvalue weighted by molar-refractivity contribution is -0.131. The first-order chi connectivity index (χ1) is 11.1. The van der Waals surface area contributed by atoms with E-state index in [1.54, 1.807) is 12.1 Å². The quantitative estimate of drug-likeness (QED) is 0.755. The third-order valence-corrected chi connectivity index (χ3v) is 5.42. The van der Waals surface area contributed by atoms with Gasteiger partial charge in [-0.25, -0.2) is 0 Å². The molecule has 0 bridgehead atoms. The van der Waals surface area contributed by atoms with Crippen LogP contribution in [0.4, 0.5) is 0 Å². The molecule has 1 atom stereocenters. The maximum Gasteiger partial charge on any atom is 0.223 e. The van der Waals surface area contributed by atoms with Gasteiger partial charge >= 0.3 is 0 Å².